The van der Waals surface area contributed by atoms with Crippen molar-refractivity contribution in [2.24, 2.45) is 0 Å². The Hall–Kier alpha value is -0.900. The SMILES string of the molecule is CCC1CN(C(CNC2CC2)c2ccccc2)CCN1C. The van der Waals surface area contributed by atoms with Crippen LogP contribution in [0, 0.1) is 0 Å². The second-order valence-corrected chi connectivity index (χ2v) is 6.65. The van der Waals surface area contributed by atoms with E-state index < -0.39 is 0 Å². The van der Waals surface area contributed by atoms with Crippen molar-refractivity contribution in [3.63, 3.8) is 0 Å². The summed E-state index contributed by atoms with van der Waals surface area (Å²) in [5.41, 5.74) is 1.46. The average Bonchev–Trinajstić information content (AvgIpc) is 3.34. The van der Waals surface area contributed by atoms with E-state index in [0.29, 0.717) is 12.1 Å². The zero-order chi connectivity index (χ0) is 14.7. The van der Waals surface area contributed by atoms with Crippen LogP contribution in [0.2, 0.25) is 0 Å². The van der Waals surface area contributed by atoms with Crippen LogP contribution < -0.4 is 5.32 Å². The van der Waals surface area contributed by atoms with E-state index in [1.54, 1.807) is 0 Å². The van der Waals surface area contributed by atoms with Gasteiger partial charge in [0.1, 0.15) is 0 Å². The van der Waals surface area contributed by atoms with E-state index in [1.165, 1.54) is 44.5 Å². The molecule has 2 aliphatic rings. The van der Waals surface area contributed by atoms with Crippen molar-refractivity contribution in [2.45, 2.75) is 44.3 Å². The van der Waals surface area contributed by atoms with Crippen LogP contribution in [0.15, 0.2) is 30.3 Å². The summed E-state index contributed by atoms with van der Waals surface area (Å²) < 4.78 is 0. The van der Waals surface area contributed by atoms with Gasteiger partial charge in [-0.05, 0) is 31.9 Å². The Labute approximate surface area is 129 Å². The van der Waals surface area contributed by atoms with Crippen LogP contribution >= 0.6 is 0 Å². The van der Waals surface area contributed by atoms with Gasteiger partial charge in [0.2, 0.25) is 0 Å². The molecule has 1 saturated heterocycles. The average molecular weight is 287 g/mol. The maximum absolute atomic E-state index is 3.74. The Kier molecular flexibility index (Phi) is 4.94. The minimum Gasteiger partial charge on any atom is -0.312 e. The molecule has 1 heterocycles. The number of rotatable bonds is 6. The minimum absolute atomic E-state index is 0.523. The van der Waals surface area contributed by atoms with Gasteiger partial charge in [0.05, 0.1) is 0 Å². The summed E-state index contributed by atoms with van der Waals surface area (Å²) in [6.45, 7) is 6.96. The Bertz CT molecular complexity index is 429. The zero-order valence-corrected chi connectivity index (χ0v) is 13.5. The second-order valence-electron chi connectivity index (χ2n) is 6.65. The van der Waals surface area contributed by atoms with Crippen LogP contribution in [0.4, 0.5) is 0 Å². The summed E-state index contributed by atoms with van der Waals surface area (Å²) in [4.78, 5) is 5.21. The fraction of sp³-hybridized carbons (Fsp3) is 0.667. The number of nitrogens with zero attached hydrogens (tertiary/aromatic N) is 2. The number of piperazine rings is 1. The molecular formula is C18H29N3. The molecule has 116 valence electrons. The van der Waals surface area contributed by atoms with E-state index in [9.17, 15) is 0 Å². The molecule has 3 heteroatoms. The molecule has 2 atom stereocenters. The third kappa shape index (κ3) is 3.85. The first kappa shape index (κ1) is 15.0. The summed E-state index contributed by atoms with van der Waals surface area (Å²) in [6, 6.07) is 13.1. The lowest BCUT2D eigenvalue weighted by Crippen LogP contribution is -2.53. The van der Waals surface area contributed by atoms with Crippen LogP contribution in [-0.2, 0) is 0 Å². The highest BCUT2D eigenvalue weighted by molar-refractivity contribution is 5.20. The van der Waals surface area contributed by atoms with Gasteiger partial charge >= 0.3 is 0 Å². The van der Waals surface area contributed by atoms with Crippen LogP contribution in [0.5, 0.6) is 0 Å². The maximum Gasteiger partial charge on any atom is 0.0473 e. The first-order chi connectivity index (χ1) is 10.3. The van der Waals surface area contributed by atoms with Gasteiger partial charge in [-0.25, -0.2) is 0 Å². The highest BCUT2D eigenvalue weighted by Crippen LogP contribution is 2.26. The molecule has 0 radical (unpaired) electrons. The molecular weight excluding hydrogens is 258 g/mol. The van der Waals surface area contributed by atoms with Crippen molar-refractivity contribution in [1.29, 1.82) is 0 Å². The van der Waals surface area contributed by atoms with E-state index in [2.05, 4.69) is 59.4 Å². The van der Waals surface area contributed by atoms with Crippen molar-refractivity contribution < 1.29 is 0 Å². The van der Waals surface area contributed by atoms with Crippen molar-refractivity contribution >= 4 is 0 Å². The molecule has 1 aromatic carbocycles. The number of nitrogens with one attached hydrogen (secondary N) is 1. The first-order valence-corrected chi connectivity index (χ1v) is 8.50. The van der Waals surface area contributed by atoms with Crippen LogP contribution in [0.25, 0.3) is 0 Å². The molecule has 0 spiro atoms. The fourth-order valence-corrected chi connectivity index (χ4v) is 3.39. The molecule has 1 aliphatic carbocycles. The number of likely N-dealkylation sites (N-methyl/N-ethyl adjacent to an activating group) is 1. The zero-order valence-electron chi connectivity index (χ0n) is 13.5. The van der Waals surface area contributed by atoms with E-state index in [-0.39, 0.29) is 0 Å². The van der Waals surface area contributed by atoms with Gasteiger partial charge < -0.3 is 10.2 Å². The van der Waals surface area contributed by atoms with Gasteiger partial charge in [0.25, 0.3) is 0 Å². The molecule has 0 amide bonds. The lowest BCUT2D eigenvalue weighted by molar-refractivity contribution is 0.0615. The van der Waals surface area contributed by atoms with Gasteiger partial charge in [-0.1, -0.05) is 37.3 Å². The van der Waals surface area contributed by atoms with Gasteiger partial charge in [0.15, 0.2) is 0 Å². The molecule has 1 saturated carbocycles. The Morgan fingerprint density at radius 2 is 1.95 bits per heavy atom. The van der Waals surface area contributed by atoms with Crippen molar-refractivity contribution in [3.05, 3.63) is 35.9 Å². The maximum atomic E-state index is 3.74. The lowest BCUT2D eigenvalue weighted by Gasteiger charge is -2.43. The highest BCUT2D eigenvalue weighted by atomic mass is 15.3. The molecule has 0 bridgehead atoms. The number of hydrogen-bond donors (Lipinski definition) is 1. The molecule has 3 rings (SSSR count). The quantitative estimate of drug-likeness (QED) is 0.867. The molecule has 21 heavy (non-hydrogen) atoms. The molecule has 2 unspecified atom stereocenters. The predicted molar refractivity (Wildman–Crippen MR) is 88.5 cm³/mol. The second kappa shape index (κ2) is 6.91. The Morgan fingerprint density at radius 1 is 1.19 bits per heavy atom. The Balaban J connectivity index is 1.71. The molecule has 2 fully saturated rings. The van der Waals surface area contributed by atoms with Gasteiger partial charge in [0, 0.05) is 44.3 Å². The predicted octanol–water partition coefficient (Wildman–Crippen LogP) is 2.51. The van der Waals surface area contributed by atoms with Gasteiger partial charge in [-0.15, -0.1) is 0 Å². The smallest absolute Gasteiger partial charge is 0.0473 e. The minimum atomic E-state index is 0.523. The summed E-state index contributed by atoms with van der Waals surface area (Å²) >= 11 is 0. The van der Waals surface area contributed by atoms with E-state index >= 15 is 0 Å². The first-order valence-electron chi connectivity index (χ1n) is 8.50. The normalized spacial score (nSPS) is 25.9. The largest absolute Gasteiger partial charge is 0.312 e. The van der Waals surface area contributed by atoms with Crippen molar-refractivity contribution in [1.82, 2.24) is 15.1 Å². The van der Waals surface area contributed by atoms with Crippen LogP contribution in [0.1, 0.15) is 37.8 Å². The fourth-order valence-electron chi connectivity index (χ4n) is 3.39. The van der Waals surface area contributed by atoms with Crippen LogP contribution in [0.3, 0.4) is 0 Å². The monoisotopic (exact) mass is 287 g/mol. The van der Waals surface area contributed by atoms with E-state index in [0.717, 1.165) is 12.6 Å². The molecule has 0 aromatic heterocycles. The van der Waals surface area contributed by atoms with E-state index in [1.807, 2.05) is 0 Å². The topological polar surface area (TPSA) is 18.5 Å². The molecule has 1 N–H and O–H groups in total. The van der Waals surface area contributed by atoms with E-state index in [4.69, 9.17) is 0 Å². The number of benzene rings is 1. The van der Waals surface area contributed by atoms with Crippen molar-refractivity contribution in [3.8, 4) is 0 Å². The summed E-state index contributed by atoms with van der Waals surface area (Å²) in [5.74, 6) is 0. The summed E-state index contributed by atoms with van der Waals surface area (Å²) in [6.07, 6.45) is 3.97. The third-order valence-corrected chi connectivity index (χ3v) is 5.08. The standard InChI is InChI=1S/C18H29N3/c1-3-17-14-21(12-11-20(17)2)18(13-19-16-9-10-16)15-7-5-4-6-8-15/h4-8,16-19H,3,9-14H2,1-2H3. The van der Waals surface area contributed by atoms with Gasteiger partial charge in [-0.3, -0.25) is 4.90 Å². The van der Waals surface area contributed by atoms with Crippen molar-refractivity contribution in [2.75, 3.05) is 33.2 Å². The number of hydrogen-bond acceptors (Lipinski definition) is 3. The molecule has 1 aromatic rings. The highest BCUT2D eigenvalue weighted by Gasteiger charge is 2.30. The Morgan fingerprint density at radius 3 is 2.62 bits per heavy atom. The summed E-state index contributed by atoms with van der Waals surface area (Å²) in [5, 5.41) is 3.74. The third-order valence-electron chi connectivity index (χ3n) is 5.08. The molecule has 1 aliphatic heterocycles. The summed E-state index contributed by atoms with van der Waals surface area (Å²) in [7, 11) is 2.27. The van der Waals surface area contributed by atoms with Crippen LogP contribution in [-0.4, -0.2) is 55.1 Å². The van der Waals surface area contributed by atoms with Gasteiger partial charge in [-0.2, -0.15) is 0 Å². The molecule has 3 nitrogen and oxygen atoms in total. The lowest BCUT2D eigenvalue weighted by atomic mass is 10.0.